The van der Waals surface area contributed by atoms with E-state index in [2.05, 4.69) is 23.1 Å². The first-order chi connectivity index (χ1) is 8.29. The second kappa shape index (κ2) is 6.20. The zero-order valence-corrected chi connectivity index (χ0v) is 10.7. The molecule has 0 radical (unpaired) electrons. The first-order valence-electron chi connectivity index (χ1n) is 6.08. The van der Waals surface area contributed by atoms with E-state index >= 15 is 0 Å². The Morgan fingerprint density at radius 1 is 1.24 bits per heavy atom. The highest BCUT2D eigenvalue weighted by atomic mass is 35.5. The third kappa shape index (κ3) is 3.56. The molecule has 0 atom stereocenters. The van der Waals surface area contributed by atoms with Crippen LogP contribution in [-0.2, 0) is 0 Å². The lowest BCUT2D eigenvalue weighted by molar-refractivity contribution is 0.236. The fourth-order valence-electron chi connectivity index (χ4n) is 2.13. The molecule has 0 aliphatic carbocycles. The summed E-state index contributed by atoms with van der Waals surface area (Å²) in [5.74, 6) is 0. The van der Waals surface area contributed by atoms with Gasteiger partial charge in [-0.1, -0.05) is 29.8 Å². The molecule has 0 unspecified atom stereocenters. The summed E-state index contributed by atoms with van der Waals surface area (Å²) in [5.41, 5.74) is 2.68. The van der Waals surface area contributed by atoms with Crippen LogP contribution in [0.3, 0.4) is 0 Å². The van der Waals surface area contributed by atoms with Gasteiger partial charge in [-0.3, -0.25) is 4.90 Å². The summed E-state index contributed by atoms with van der Waals surface area (Å²) in [7, 11) is 0. The van der Waals surface area contributed by atoms with Crippen LogP contribution < -0.4 is 0 Å². The molecule has 2 rings (SSSR count). The average molecular weight is 252 g/mol. The van der Waals surface area contributed by atoms with Crippen molar-refractivity contribution in [3.63, 3.8) is 0 Å². The first kappa shape index (κ1) is 12.6. The summed E-state index contributed by atoms with van der Waals surface area (Å²) in [4.78, 5) is 2.37. The van der Waals surface area contributed by atoms with Crippen LogP contribution in [0.25, 0.3) is 5.57 Å². The van der Waals surface area contributed by atoms with Crippen molar-refractivity contribution in [3.8, 4) is 0 Å². The van der Waals surface area contributed by atoms with Crippen LogP contribution in [0.1, 0.15) is 18.4 Å². The molecule has 17 heavy (non-hydrogen) atoms. The number of halogens is 1. The molecule has 0 fully saturated rings. The van der Waals surface area contributed by atoms with E-state index in [1.807, 2.05) is 12.1 Å². The Kier molecular flexibility index (Phi) is 4.60. The van der Waals surface area contributed by atoms with E-state index in [9.17, 15) is 0 Å². The fraction of sp³-hybridized carbons (Fsp3) is 0.429. The second-order valence-corrected chi connectivity index (χ2v) is 4.80. The average Bonchev–Trinajstić information content (AvgIpc) is 2.38. The van der Waals surface area contributed by atoms with Gasteiger partial charge in [-0.25, -0.2) is 0 Å². The van der Waals surface area contributed by atoms with Gasteiger partial charge < -0.3 is 5.11 Å². The highest BCUT2D eigenvalue weighted by Gasteiger charge is 2.12. The maximum Gasteiger partial charge on any atom is 0.0443 e. The van der Waals surface area contributed by atoms with Crippen molar-refractivity contribution in [2.45, 2.75) is 12.8 Å². The van der Waals surface area contributed by atoms with E-state index in [4.69, 9.17) is 16.7 Å². The zero-order chi connectivity index (χ0) is 12.1. The standard InChI is InChI=1S/C14H18ClNO/c15-14-4-2-12(3-5-14)13-6-9-16(10-7-13)8-1-11-17/h2-6,17H,1,7-11H2. The Morgan fingerprint density at radius 3 is 2.59 bits per heavy atom. The summed E-state index contributed by atoms with van der Waals surface area (Å²) in [6, 6.07) is 8.04. The maximum atomic E-state index is 8.80. The summed E-state index contributed by atoms with van der Waals surface area (Å²) in [6.07, 6.45) is 4.22. The highest BCUT2D eigenvalue weighted by molar-refractivity contribution is 6.30. The maximum absolute atomic E-state index is 8.80. The molecule has 0 aromatic heterocycles. The van der Waals surface area contributed by atoms with Crippen LogP contribution in [0.4, 0.5) is 0 Å². The van der Waals surface area contributed by atoms with Gasteiger partial charge in [-0.2, -0.15) is 0 Å². The monoisotopic (exact) mass is 251 g/mol. The molecule has 0 bridgehead atoms. The Labute approximate surface area is 108 Å². The van der Waals surface area contributed by atoms with Crippen molar-refractivity contribution >= 4 is 17.2 Å². The van der Waals surface area contributed by atoms with Gasteiger partial charge in [0.25, 0.3) is 0 Å². The van der Waals surface area contributed by atoms with E-state index in [0.29, 0.717) is 0 Å². The molecule has 1 aliphatic rings. The fourth-order valence-corrected chi connectivity index (χ4v) is 2.26. The molecule has 1 aromatic rings. The van der Waals surface area contributed by atoms with Crippen molar-refractivity contribution < 1.29 is 5.11 Å². The number of benzene rings is 1. The van der Waals surface area contributed by atoms with Gasteiger partial charge in [0, 0.05) is 31.3 Å². The molecule has 1 N–H and O–H groups in total. The minimum Gasteiger partial charge on any atom is -0.396 e. The highest BCUT2D eigenvalue weighted by Crippen LogP contribution is 2.23. The van der Waals surface area contributed by atoms with Crippen LogP contribution in [0.5, 0.6) is 0 Å². The lowest BCUT2D eigenvalue weighted by atomic mass is 9.99. The Balaban J connectivity index is 1.96. The van der Waals surface area contributed by atoms with Gasteiger partial charge in [-0.05, 0) is 36.1 Å². The molecule has 1 aliphatic heterocycles. The molecule has 2 nitrogen and oxygen atoms in total. The molecular formula is C14H18ClNO. The summed E-state index contributed by atoms with van der Waals surface area (Å²) in [6.45, 7) is 3.33. The molecule has 1 heterocycles. The first-order valence-corrected chi connectivity index (χ1v) is 6.45. The van der Waals surface area contributed by atoms with Crippen molar-refractivity contribution in [1.82, 2.24) is 4.90 Å². The smallest absolute Gasteiger partial charge is 0.0443 e. The van der Waals surface area contributed by atoms with E-state index in [1.54, 1.807) is 0 Å². The van der Waals surface area contributed by atoms with Crippen molar-refractivity contribution in [2.75, 3.05) is 26.2 Å². The van der Waals surface area contributed by atoms with Gasteiger partial charge in [-0.15, -0.1) is 0 Å². The third-order valence-corrected chi connectivity index (χ3v) is 3.39. The van der Waals surface area contributed by atoms with Crippen LogP contribution in [0.15, 0.2) is 30.3 Å². The van der Waals surface area contributed by atoms with Crippen LogP contribution in [0.2, 0.25) is 5.02 Å². The Hall–Kier alpha value is -0.830. The minimum atomic E-state index is 0.282. The molecule has 3 heteroatoms. The van der Waals surface area contributed by atoms with Crippen LogP contribution in [0, 0.1) is 0 Å². The Bertz CT molecular complexity index is 386. The topological polar surface area (TPSA) is 23.5 Å². The Morgan fingerprint density at radius 2 is 2.00 bits per heavy atom. The van der Waals surface area contributed by atoms with Gasteiger partial charge in [0.05, 0.1) is 0 Å². The minimum absolute atomic E-state index is 0.282. The SMILES string of the molecule is OCCCN1CC=C(c2ccc(Cl)cc2)CC1. The summed E-state index contributed by atoms with van der Waals surface area (Å²) < 4.78 is 0. The summed E-state index contributed by atoms with van der Waals surface area (Å²) >= 11 is 5.88. The predicted molar refractivity (Wildman–Crippen MR) is 72.2 cm³/mol. The van der Waals surface area contributed by atoms with Crippen molar-refractivity contribution in [3.05, 3.63) is 40.9 Å². The molecule has 0 saturated carbocycles. The lowest BCUT2D eigenvalue weighted by Crippen LogP contribution is -2.29. The van der Waals surface area contributed by atoms with Gasteiger partial charge in [0.15, 0.2) is 0 Å². The van der Waals surface area contributed by atoms with E-state index in [1.165, 1.54) is 11.1 Å². The lowest BCUT2D eigenvalue weighted by Gasteiger charge is -2.26. The molecule has 0 saturated heterocycles. The third-order valence-electron chi connectivity index (χ3n) is 3.14. The molecular weight excluding hydrogens is 234 g/mol. The van der Waals surface area contributed by atoms with Crippen molar-refractivity contribution in [2.24, 2.45) is 0 Å². The second-order valence-electron chi connectivity index (χ2n) is 4.36. The largest absolute Gasteiger partial charge is 0.396 e. The number of hydrogen-bond acceptors (Lipinski definition) is 2. The number of nitrogens with zero attached hydrogens (tertiary/aromatic N) is 1. The van der Waals surface area contributed by atoms with E-state index in [0.717, 1.165) is 37.5 Å². The normalized spacial score (nSPS) is 16.9. The predicted octanol–water partition coefficient (Wildman–Crippen LogP) is 2.81. The van der Waals surface area contributed by atoms with Gasteiger partial charge >= 0.3 is 0 Å². The molecule has 0 spiro atoms. The number of rotatable bonds is 4. The number of aliphatic hydroxyl groups is 1. The number of aliphatic hydroxyl groups excluding tert-OH is 1. The van der Waals surface area contributed by atoms with Gasteiger partial charge in [0.2, 0.25) is 0 Å². The summed E-state index contributed by atoms with van der Waals surface area (Å²) in [5, 5.41) is 9.59. The van der Waals surface area contributed by atoms with Crippen LogP contribution in [-0.4, -0.2) is 36.2 Å². The van der Waals surface area contributed by atoms with Gasteiger partial charge in [0.1, 0.15) is 0 Å². The zero-order valence-electron chi connectivity index (χ0n) is 9.90. The van der Waals surface area contributed by atoms with Crippen molar-refractivity contribution in [1.29, 1.82) is 0 Å². The number of hydrogen-bond donors (Lipinski definition) is 1. The van der Waals surface area contributed by atoms with E-state index in [-0.39, 0.29) is 6.61 Å². The molecule has 0 amide bonds. The molecule has 92 valence electrons. The molecule has 1 aromatic carbocycles. The van der Waals surface area contributed by atoms with Crippen LogP contribution >= 0.6 is 11.6 Å². The quantitative estimate of drug-likeness (QED) is 0.890. The van der Waals surface area contributed by atoms with E-state index < -0.39 is 0 Å².